The van der Waals surface area contributed by atoms with Crippen LogP contribution in [0, 0.1) is 5.92 Å². The number of fused-ring (bicyclic) bond motifs is 3. The van der Waals surface area contributed by atoms with Crippen LogP contribution in [0.2, 0.25) is 0 Å². The lowest BCUT2D eigenvalue weighted by Gasteiger charge is -2.10. The molecule has 162 valence electrons. The van der Waals surface area contributed by atoms with Gasteiger partial charge in [-0.25, -0.2) is 0 Å². The summed E-state index contributed by atoms with van der Waals surface area (Å²) in [5.74, 6) is 1.20. The minimum atomic E-state index is -0.0487. The Morgan fingerprint density at radius 1 is 1.19 bits per heavy atom. The molecule has 0 aliphatic heterocycles. The molecule has 0 unspecified atom stereocenters. The number of thiophene rings is 1. The average Bonchev–Trinajstić information content (AvgIpc) is 3.40. The van der Waals surface area contributed by atoms with Crippen molar-refractivity contribution in [2.24, 2.45) is 5.92 Å². The van der Waals surface area contributed by atoms with Crippen molar-refractivity contribution >= 4 is 45.0 Å². The van der Waals surface area contributed by atoms with E-state index in [4.69, 9.17) is 0 Å². The normalized spacial score (nSPS) is 11.6. The van der Waals surface area contributed by atoms with Crippen molar-refractivity contribution in [3.63, 3.8) is 0 Å². The molecule has 0 bridgehead atoms. The summed E-state index contributed by atoms with van der Waals surface area (Å²) in [7, 11) is 0. The summed E-state index contributed by atoms with van der Waals surface area (Å²) in [6.07, 6.45) is 1.67. The number of thioether (sulfide) groups is 1. The van der Waals surface area contributed by atoms with E-state index in [1.807, 2.05) is 46.2 Å². The number of carbonyl (C=O) groups is 1. The molecule has 0 spiro atoms. The van der Waals surface area contributed by atoms with Crippen LogP contribution in [-0.4, -0.2) is 37.4 Å². The van der Waals surface area contributed by atoms with E-state index in [-0.39, 0.29) is 17.2 Å². The topological polar surface area (TPSA) is 81.3 Å². The first-order chi connectivity index (χ1) is 15.0. The summed E-state index contributed by atoms with van der Waals surface area (Å²) in [6, 6.07) is 12.0. The fraction of sp³-hybridized carbons (Fsp3) is 0.364. The molecule has 0 aliphatic rings. The second kappa shape index (κ2) is 9.65. The summed E-state index contributed by atoms with van der Waals surface area (Å²) in [6.45, 7) is 5.45. The molecular formula is C22H25N5O2S2. The predicted molar refractivity (Wildman–Crippen MR) is 126 cm³/mol. The zero-order valence-corrected chi connectivity index (χ0v) is 19.2. The van der Waals surface area contributed by atoms with Crippen molar-refractivity contribution in [1.29, 1.82) is 0 Å². The summed E-state index contributed by atoms with van der Waals surface area (Å²) in [5.41, 5.74) is 1.96. The van der Waals surface area contributed by atoms with Crippen LogP contribution in [0.3, 0.4) is 0 Å². The summed E-state index contributed by atoms with van der Waals surface area (Å²) >= 11 is 2.76. The molecule has 1 N–H and O–H groups in total. The summed E-state index contributed by atoms with van der Waals surface area (Å²) in [5, 5.41) is 14.1. The van der Waals surface area contributed by atoms with E-state index < -0.39 is 0 Å². The minimum absolute atomic E-state index is 0.0271. The Balaban J connectivity index is 1.49. The third kappa shape index (κ3) is 4.83. The van der Waals surface area contributed by atoms with Gasteiger partial charge >= 0.3 is 0 Å². The lowest BCUT2D eigenvalue weighted by atomic mass is 10.1. The number of aromatic nitrogens is 4. The number of benzene rings is 1. The van der Waals surface area contributed by atoms with Crippen LogP contribution in [0.15, 0.2) is 51.7 Å². The van der Waals surface area contributed by atoms with Crippen molar-refractivity contribution in [3.8, 4) is 0 Å². The highest BCUT2D eigenvalue weighted by atomic mass is 32.2. The molecule has 3 aromatic heterocycles. The Hall–Kier alpha value is -2.65. The van der Waals surface area contributed by atoms with Crippen LogP contribution in [-0.2, 0) is 17.8 Å². The van der Waals surface area contributed by atoms with Crippen LogP contribution >= 0.6 is 23.1 Å². The number of carbonyl (C=O) groups excluding carboxylic acids is 1. The van der Waals surface area contributed by atoms with Gasteiger partial charge in [0.2, 0.25) is 11.7 Å². The van der Waals surface area contributed by atoms with Gasteiger partial charge in [-0.1, -0.05) is 55.9 Å². The van der Waals surface area contributed by atoms with Gasteiger partial charge in [-0.3, -0.25) is 18.6 Å². The third-order valence-electron chi connectivity index (χ3n) is 5.02. The smallest absolute Gasteiger partial charge is 0.272 e. The number of hydrogen-bond donors (Lipinski definition) is 1. The van der Waals surface area contributed by atoms with E-state index >= 15 is 0 Å². The SMILES string of the molecule is CC(C)CCn1c(=O)c2sccc2n2c(SCC(=O)NCCc3ccccc3)nnc12. The first-order valence-electron chi connectivity index (χ1n) is 10.3. The maximum atomic E-state index is 12.9. The van der Waals surface area contributed by atoms with Gasteiger partial charge in [0.1, 0.15) is 4.70 Å². The molecule has 7 nitrogen and oxygen atoms in total. The largest absolute Gasteiger partial charge is 0.355 e. The summed E-state index contributed by atoms with van der Waals surface area (Å²) in [4.78, 5) is 25.3. The molecule has 0 aliphatic carbocycles. The van der Waals surface area contributed by atoms with Crippen LogP contribution < -0.4 is 10.9 Å². The molecule has 0 radical (unpaired) electrons. The van der Waals surface area contributed by atoms with Gasteiger partial charge in [0.05, 0.1) is 11.3 Å². The highest BCUT2D eigenvalue weighted by Crippen LogP contribution is 2.24. The lowest BCUT2D eigenvalue weighted by molar-refractivity contribution is -0.118. The number of aryl methyl sites for hydroxylation is 1. The van der Waals surface area contributed by atoms with Crippen LogP contribution in [0.25, 0.3) is 16.0 Å². The third-order valence-corrected chi connectivity index (χ3v) is 6.84. The highest BCUT2D eigenvalue weighted by molar-refractivity contribution is 7.99. The van der Waals surface area contributed by atoms with Gasteiger partial charge in [-0.15, -0.1) is 21.5 Å². The number of nitrogens with zero attached hydrogens (tertiary/aromatic N) is 4. The molecule has 0 fully saturated rings. The van der Waals surface area contributed by atoms with Gasteiger partial charge in [0.15, 0.2) is 5.16 Å². The Labute approximate surface area is 188 Å². The van der Waals surface area contributed by atoms with Crippen molar-refractivity contribution in [3.05, 3.63) is 57.7 Å². The van der Waals surface area contributed by atoms with Crippen molar-refractivity contribution in [1.82, 2.24) is 24.5 Å². The van der Waals surface area contributed by atoms with E-state index in [2.05, 4.69) is 29.4 Å². The average molecular weight is 456 g/mol. The first kappa shape index (κ1) is 21.6. The minimum Gasteiger partial charge on any atom is -0.355 e. The van der Waals surface area contributed by atoms with E-state index in [1.165, 1.54) is 28.7 Å². The number of hydrogen-bond acceptors (Lipinski definition) is 6. The van der Waals surface area contributed by atoms with Crippen LogP contribution in [0.4, 0.5) is 0 Å². The Morgan fingerprint density at radius 2 is 2.00 bits per heavy atom. The van der Waals surface area contributed by atoms with Crippen molar-refractivity contribution in [2.45, 2.75) is 38.4 Å². The molecule has 0 saturated carbocycles. The molecule has 31 heavy (non-hydrogen) atoms. The van der Waals surface area contributed by atoms with Gasteiger partial charge in [-0.05, 0) is 35.8 Å². The fourth-order valence-electron chi connectivity index (χ4n) is 3.35. The van der Waals surface area contributed by atoms with Gasteiger partial charge < -0.3 is 5.32 Å². The Kier molecular flexibility index (Phi) is 6.72. The van der Waals surface area contributed by atoms with Crippen molar-refractivity contribution < 1.29 is 4.79 Å². The monoisotopic (exact) mass is 455 g/mol. The standard InChI is InChI=1S/C22H25N5O2S2/c1-15(2)9-12-26-20(29)19-17(10-13-30-19)27-21(26)24-25-22(27)31-14-18(28)23-11-8-16-6-4-3-5-7-16/h3-7,10,13,15H,8-9,11-12,14H2,1-2H3,(H,23,28). The van der Waals surface area contributed by atoms with Crippen molar-refractivity contribution in [2.75, 3.05) is 12.3 Å². The maximum Gasteiger partial charge on any atom is 0.272 e. The molecule has 9 heteroatoms. The van der Waals surface area contributed by atoms with Gasteiger partial charge in [-0.2, -0.15) is 0 Å². The van der Waals surface area contributed by atoms with E-state index in [1.54, 1.807) is 4.57 Å². The molecule has 1 aromatic carbocycles. The van der Waals surface area contributed by atoms with E-state index in [0.29, 0.717) is 34.6 Å². The Bertz CT molecular complexity index is 1240. The molecule has 0 atom stereocenters. The van der Waals surface area contributed by atoms with E-state index in [0.717, 1.165) is 18.4 Å². The highest BCUT2D eigenvalue weighted by Gasteiger charge is 2.18. The predicted octanol–water partition coefficient (Wildman–Crippen LogP) is 3.60. The zero-order chi connectivity index (χ0) is 21.8. The number of rotatable bonds is 9. The van der Waals surface area contributed by atoms with Crippen LogP contribution in [0.5, 0.6) is 0 Å². The Morgan fingerprint density at radius 3 is 2.77 bits per heavy atom. The van der Waals surface area contributed by atoms with E-state index in [9.17, 15) is 9.59 Å². The van der Waals surface area contributed by atoms with Gasteiger partial charge in [0.25, 0.3) is 5.56 Å². The maximum absolute atomic E-state index is 12.9. The molecule has 3 heterocycles. The second-order valence-corrected chi connectivity index (χ2v) is 9.63. The fourth-order valence-corrected chi connectivity index (χ4v) is 4.95. The molecule has 1 amide bonds. The molecule has 0 saturated heterocycles. The second-order valence-electron chi connectivity index (χ2n) is 7.77. The first-order valence-corrected chi connectivity index (χ1v) is 12.2. The van der Waals surface area contributed by atoms with Crippen LogP contribution in [0.1, 0.15) is 25.8 Å². The molecule has 4 rings (SSSR count). The molecule has 4 aromatic rings. The zero-order valence-electron chi connectivity index (χ0n) is 17.6. The van der Waals surface area contributed by atoms with Gasteiger partial charge in [0, 0.05) is 13.1 Å². The molecular weight excluding hydrogens is 430 g/mol. The summed E-state index contributed by atoms with van der Waals surface area (Å²) < 4.78 is 4.29. The number of nitrogens with one attached hydrogen (secondary N) is 1. The lowest BCUT2D eigenvalue weighted by Crippen LogP contribution is -2.27. The number of amides is 1. The quantitative estimate of drug-likeness (QED) is 0.390.